The smallest absolute Gasteiger partial charge is 0.430 e. The lowest BCUT2D eigenvalue weighted by Crippen LogP contribution is -2.57. The highest BCUT2D eigenvalue weighted by Gasteiger charge is 2.62. The van der Waals surface area contributed by atoms with Crippen molar-refractivity contribution in [2.45, 2.75) is 50.0 Å². The van der Waals surface area contributed by atoms with Crippen molar-refractivity contribution in [3.63, 3.8) is 0 Å². The number of halogens is 6. The van der Waals surface area contributed by atoms with Crippen molar-refractivity contribution < 1.29 is 37.0 Å². The Morgan fingerprint density at radius 2 is 1.70 bits per heavy atom. The van der Waals surface area contributed by atoms with Gasteiger partial charge in [0.15, 0.2) is 0 Å². The Bertz CT molecular complexity index is 1240. The van der Waals surface area contributed by atoms with Crippen LogP contribution in [-0.2, 0) is 10.4 Å². The molecule has 12 heteroatoms. The number of hydrogen-bond acceptors (Lipinski definition) is 4. The van der Waals surface area contributed by atoms with Crippen LogP contribution in [0.4, 0.5) is 17.6 Å². The monoisotopic (exact) mass is 604 g/mol. The zero-order chi connectivity index (χ0) is 29.4. The van der Waals surface area contributed by atoms with Gasteiger partial charge in [-0.15, -0.1) is 0 Å². The molecule has 0 radical (unpaired) electrons. The molecule has 1 saturated heterocycles. The molecule has 1 aliphatic carbocycles. The molecule has 2 fully saturated rings. The van der Waals surface area contributed by atoms with Gasteiger partial charge >= 0.3 is 6.18 Å². The van der Waals surface area contributed by atoms with Gasteiger partial charge < -0.3 is 19.6 Å². The summed E-state index contributed by atoms with van der Waals surface area (Å²) in [7, 11) is 3.29. The van der Waals surface area contributed by atoms with Crippen LogP contribution in [0.5, 0.6) is 5.75 Å². The van der Waals surface area contributed by atoms with Crippen molar-refractivity contribution in [1.29, 1.82) is 0 Å². The van der Waals surface area contributed by atoms with Gasteiger partial charge in [0, 0.05) is 37.8 Å². The van der Waals surface area contributed by atoms with Gasteiger partial charge in [0.05, 0.1) is 16.7 Å². The Hall–Kier alpha value is -2.56. The topological polar surface area (TPSA) is 70.1 Å². The lowest BCUT2D eigenvalue weighted by atomic mass is 9.74. The summed E-state index contributed by atoms with van der Waals surface area (Å²) in [4.78, 5) is 27.5. The number of ether oxygens (including phenoxy) is 1. The fraction of sp³-hybridized carbons (Fsp3) is 0.500. The Labute approximate surface area is 239 Å². The van der Waals surface area contributed by atoms with Gasteiger partial charge in [-0.25, -0.2) is 4.39 Å². The SMILES string of the molecule is CN(C)C(=O)c1ccc(OC2CC(CC3CCN(C(=O)C(O)(c4cc(F)cc(Cl)c4)C(F)(F)F)CC3)C2)cc1Cl. The Morgan fingerprint density at radius 1 is 1.05 bits per heavy atom. The molecule has 2 aromatic rings. The standard InChI is InChI=1S/C28H30Cl2F4N2O4/c1-35(2)25(37)23-4-3-21(15-24(23)30)40-22-10-17(11-22)9-16-5-7-36(8-6-16)26(38)27(39,28(32,33)34)18-12-19(29)14-20(31)13-18/h3-4,12-17,22,39H,5-11H2,1-2H3. The molecule has 6 nitrogen and oxygen atoms in total. The number of alkyl halides is 3. The van der Waals surface area contributed by atoms with Crippen LogP contribution in [0.25, 0.3) is 0 Å². The van der Waals surface area contributed by atoms with E-state index >= 15 is 0 Å². The highest BCUT2D eigenvalue weighted by atomic mass is 35.5. The van der Waals surface area contributed by atoms with Crippen LogP contribution in [0, 0.1) is 17.7 Å². The number of nitrogens with zero attached hydrogens (tertiary/aromatic N) is 2. The van der Waals surface area contributed by atoms with E-state index in [2.05, 4.69) is 0 Å². The quantitative estimate of drug-likeness (QED) is 0.389. The third-order valence-electron chi connectivity index (χ3n) is 7.64. The zero-order valence-electron chi connectivity index (χ0n) is 22.0. The number of carbonyl (C=O) groups is 2. The molecule has 1 heterocycles. The largest absolute Gasteiger partial charge is 0.490 e. The van der Waals surface area contributed by atoms with E-state index in [1.807, 2.05) is 0 Å². The van der Waals surface area contributed by atoms with E-state index in [1.165, 1.54) is 4.90 Å². The van der Waals surface area contributed by atoms with Crippen molar-refractivity contribution in [1.82, 2.24) is 9.80 Å². The molecule has 2 aromatic carbocycles. The molecule has 218 valence electrons. The summed E-state index contributed by atoms with van der Waals surface area (Å²) >= 11 is 12.0. The van der Waals surface area contributed by atoms with Crippen LogP contribution in [0.2, 0.25) is 10.0 Å². The summed E-state index contributed by atoms with van der Waals surface area (Å²) < 4.78 is 61.7. The predicted octanol–water partition coefficient (Wildman–Crippen LogP) is 6.07. The van der Waals surface area contributed by atoms with Gasteiger partial charge in [-0.05, 0) is 80.3 Å². The van der Waals surface area contributed by atoms with Gasteiger partial charge in [-0.3, -0.25) is 9.59 Å². The average Bonchev–Trinajstić information content (AvgIpc) is 2.85. The number of aliphatic hydroxyl groups is 1. The van der Waals surface area contributed by atoms with Crippen LogP contribution < -0.4 is 4.74 Å². The van der Waals surface area contributed by atoms with E-state index in [4.69, 9.17) is 27.9 Å². The summed E-state index contributed by atoms with van der Waals surface area (Å²) in [6.07, 6.45) is -1.93. The number of hydrogen-bond donors (Lipinski definition) is 1. The van der Waals surface area contributed by atoms with Crippen molar-refractivity contribution in [3.8, 4) is 5.75 Å². The molecule has 1 unspecified atom stereocenters. The molecule has 1 atom stereocenters. The zero-order valence-corrected chi connectivity index (χ0v) is 23.5. The summed E-state index contributed by atoms with van der Waals surface area (Å²) in [5.41, 5.74) is -4.45. The number of amides is 2. The van der Waals surface area contributed by atoms with Gasteiger partial charge in [0.25, 0.3) is 17.4 Å². The molecular weight excluding hydrogens is 575 g/mol. The second kappa shape index (κ2) is 11.7. The highest BCUT2D eigenvalue weighted by Crippen LogP contribution is 2.43. The van der Waals surface area contributed by atoms with Crippen LogP contribution in [-0.4, -0.2) is 66.2 Å². The first kappa shape index (κ1) is 30.4. The van der Waals surface area contributed by atoms with E-state index in [1.54, 1.807) is 32.3 Å². The third kappa shape index (κ3) is 6.34. The van der Waals surface area contributed by atoms with Crippen molar-refractivity contribution in [3.05, 3.63) is 63.4 Å². The molecular formula is C28H30Cl2F4N2O4. The lowest BCUT2D eigenvalue weighted by Gasteiger charge is -2.41. The molecule has 1 N–H and O–H groups in total. The minimum atomic E-state index is -5.37. The van der Waals surface area contributed by atoms with Crippen LogP contribution in [0.3, 0.4) is 0 Å². The maximum Gasteiger partial charge on any atom is 0.430 e. The molecule has 1 aliphatic heterocycles. The van der Waals surface area contributed by atoms with E-state index < -0.39 is 29.1 Å². The van der Waals surface area contributed by atoms with Gasteiger partial charge in [0.1, 0.15) is 11.6 Å². The number of benzene rings is 2. The maximum atomic E-state index is 14.0. The highest BCUT2D eigenvalue weighted by molar-refractivity contribution is 6.34. The van der Waals surface area contributed by atoms with Crippen LogP contribution in [0.1, 0.15) is 48.0 Å². The molecule has 0 spiro atoms. The lowest BCUT2D eigenvalue weighted by molar-refractivity contribution is -0.262. The molecule has 0 aromatic heterocycles. The molecule has 4 rings (SSSR count). The number of likely N-dealkylation sites (tertiary alicyclic amines) is 1. The maximum absolute atomic E-state index is 14.0. The summed E-state index contributed by atoms with van der Waals surface area (Å²) in [5.74, 6) is -1.65. The average molecular weight is 605 g/mol. The molecule has 0 bridgehead atoms. The van der Waals surface area contributed by atoms with Crippen molar-refractivity contribution >= 4 is 35.0 Å². The van der Waals surface area contributed by atoms with Crippen molar-refractivity contribution in [2.75, 3.05) is 27.2 Å². The third-order valence-corrected chi connectivity index (χ3v) is 8.17. The summed E-state index contributed by atoms with van der Waals surface area (Å²) in [6.45, 7) is 0.0994. The number of piperidine rings is 1. The summed E-state index contributed by atoms with van der Waals surface area (Å²) in [5, 5.41) is 10.6. The van der Waals surface area contributed by atoms with E-state index in [9.17, 15) is 32.3 Å². The first-order valence-electron chi connectivity index (χ1n) is 12.9. The Morgan fingerprint density at radius 3 is 2.25 bits per heavy atom. The minimum absolute atomic E-state index is 0.00184. The van der Waals surface area contributed by atoms with Crippen LogP contribution >= 0.6 is 23.2 Å². The van der Waals surface area contributed by atoms with Gasteiger partial charge in [-0.2, -0.15) is 13.2 Å². The van der Waals surface area contributed by atoms with E-state index in [0.29, 0.717) is 41.2 Å². The second-order valence-electron chi connectivity index (χ2n) is 10.8. The predicted molar refractivity (Wildman–Crippen MR) is 142 cm³/mol. The van der Waals surface area contributed by atoms with Crippen LogP contribution in [0.15, 0.2) is 36.4 Å². The number of rotatable bonds is 7. The van der Waals surface area contributed by atoms with E-state index in [-0.39, 0.29) is 36.0 Å². The fourth-order valence-electron chi connectivity index (χ4n) is 5.38. The first-order chi connectivity index (χ1) is 18.7. The second-order valence-corrected chi connectivity index (χ2v) is 11.6. The molecule has 1 saturated carbocycles. The number of carbonyl (C=O) groups excluding carboxylic acids is 2. The first-order valence-corrected chi connectivity index (χ1v) is 13.7. The van der Waals surface area contributed by atoms with Gasteiger partial charge in [-0.1, -0.05) is 23.2 Å². The molecule has 40 heavy (non-hydrogen) atoms. The van der Waals surface area contributed by atoms with Crippen molar-refractivity contribution in [2.24, 2.45) is 11.8 Å². The van der Waals surface area contributed by atoms with Gasteiger partial charge in [0.2, 0.25) is 0 Å². The molecule has 2 aliphatic rings. The Kier molecular flexibility index (Phi) is 8.92. The molecule has 2 amide bonds. The fourth-order valence-corrected chi connectivity index (χ4v) is 5.86. The normalized spacial score (nSPS) is 21.4. The summed E-state index contributed by atoms with van der Waals surface area (Å²) in [6, 6.07) is 7.00. The van der Waals surface area contributed by atoms with E-state index in [0.717, 1.165) is 36.3 Å². The Balaban J connectivity index is 1.28. The minimum Gasteiger partial charge on any atom is -0.490 e.